The van der Waals surface area contributed by atoms with Crippen LogP contribution in [0.2, 0.25) is 0 Å². The molecule has 7 heteroatoms. The van der Waals surface area contributed by atoms with Gasteiger partial charge in [-0.2, -0.15) is 0 Å². The molecule has 1 atom stereocenters. The number of hydrogen-bond acceptors (Lipinski definition) is 4. The number of likely N-dealkylation sites (tertiary alicyclic amines) is 1. The monoisotopic (exact) mass is 381 g/mol. The van der Waals surface area contributed by atoms with Gasteiger partial charge in [-0.1, -0.05) is 24.3 Å². The lowest BCUT2D eigenvalue weighted by Gasteiger charge is -2.15. The Kier molecular flexibility index (Phi) is 5.93. The molecule has 0 radical (unpaired) electrons. The molecule has 2 aromatic carbocycles. The van der Waals surface area contributed by atoms with Crippen molar-refractivity contribution < 1.29 is 19.1 Å². The summed E-state index contributed by atoms with van der Waals surface area (Å²) in [5.41, 5.74) is 7.31. The van der Waals surface area contributed by atoms with Crippen molar-refractivity contribution in [3.63, 3.8) is 0 Å². The van der Waals surface area contributed by atoms with E-state index in [1.165, 1.54) is 0 Å². The SMILES string of the molecule is CCN1C[C@@H](NC(=O)c2cccc(-c3cccc(OCC(N)=O)c3)c2)CC1=O. The van der Waals surface area contributed by atoms with Crippen LogP contribution in [-0.4, -0.2) is 48.4 Å². The fourth-order valence-electron chi connectivity index (χ4n) is 3.20. The molecule has 3 amide bonds. The molecule has 1 aliphatic heterocycles. The molecule has 0 unspecified atom stereocenters. The zero-order chi connectivity index (χ0) is 20.1. The van der Waals surface area contributed by atoms with Crippen LogP contribution >= 0.6 is 0 Å². The van der Waals surface area contributed by atoms with Gasteiger partial charge in [-0.05, 0) is 42.3 Å². The van der Waals surface area contributed by atoms with Crippen LogP contribution in [0.1, 0.15) is 23.7 Å². The Morgan fingerprint density at radius 2 is 1.89 bits per heavy atom. The number of ether oxygens (including phenoxy) is 1. The first-order chi connectivity index (χ1) is 13.5. The number of carbonyl (C=O) groups is 3. The smallest absolute Gasteiger partial charge is 0.255 e. The van der Waals surface area contributed by atoms with Gasteiger partial charge in [0.15, 0.2) is 6.61 Å². The van der Waals surface area contributed by atoms with Crippen molar-refractivity contribution >= 4 is 17.7 Å². The lowest BCUT2D eigenvalue weighted by atomic mass is 10.0. The number of likely N-dealkylation sites (N-methyl/N-ethyl adjacent to an activating group) is 1. The standard InChI is InChI=1S/C21H23N3O4/c1-2-24-12-17(11-20(24)26)23-21(27)16-7-3-5-14(9-16)15-6-4-8-18(10-15)28-13-19(22)25/h3-10,17H,2,11-13H2,1H3,(H2,22,25)(H,23,27)/t17-/m0/s1. The highest BCUT2D eigenvalue weighted by molar-refractivity contribution is 5.96. The van der Waals surface area contributed by atoms with Gasteiger partial charge in [-0.3, -0.25) is 14.4 Å². The summed E-state index contributed by atoms with van der Waals surface area (Å²) in [5, 5.41) is 2.94. The van der Waals surface area contributed by atoms with Gasteiger partial charge in [-0.25, -0.2) is 0 Å². The molecule has 1 aliphatic rings. The zero-order valence-electron chi connectivity index (χ0n) is 15.7. The van der Waals surface area contributed by atoms with Gasteiger partial charge in [-0.15, -0.1) is 0 Å². The summed E-state index contributed by atoms with van der Waals surface area (Å²) in [7, 11) is 0. The van der Waals surface area contributed by atoms with E-state index in [1.807, 2.05) is 25.1 Å². The predicted octanol–water partition coefficient (Wildman–Crippen LogP) is 1.57. The summed E-state index contributed by atoms with van der Waals surface area (Å²) in [6.07, 6.45) is 0.332. The minimum atomic E-state index is -0.545. The first-order valence-corrected chi connectivity index (χ1v) is 9.16. The van der Waals surface area contributed by atoms with Gasteiger partial charge in [0.1, 0.15) is 5.75 Å². The molecule has 2 aromatic rings. The topological polar surface area (TPSA) is 102 Å². The largest absolute Gasteiger partial charge is 0.484 e. The van der Waals surface area contributed by atoms with Crippen LogP contribution < -0.4 is 15.8 Å². The van der Waals surface area contributed by atoms with Crippen molar-refractivity contribution in [2.24, 2.45) is 5.73 Å². The molecule has 0 saturated carbocycles. The second kappa shape index (κ2) is 8.56. The lowest BCUT2D eigenvalue weighted by molar-refractivity contribution is -0.127. The third kappa shape index (κ3) is 4.68. The first kappa shape index (κ1) is 19.4. The molecule has 0 aliphatic carbocycles. The van der Waals surface area contributed by atoms with E-state index in [4.69, 9.17) is 10.5 Å². The number of nitrogens with zero attached hydrogens (tertiary/aromatic N) is 1. The Morgan fingerprint density at radius 3 is 2.57 bits per heavy atom. The Hall–Kier alpha value is -3.35. The van der Waals surface area contributed by atoms with E-state index in [9.17, 15) is 14.4 Å². The summed E-state index contributed by atoms with van der Waals surface area (Å²) >= 11 is 0. The molecular weight excluding hydrogens is 358 g/mol. The molecule has 0 spiro atoms. The first-order valence-electron chi connectivity index (χ1n) is 9.16. The Bertz CT molecular complexity index is 897. The minimum Gasteiger partial charge on any atom is -0.484 e. The van der Waals surface area contributed by atoms with Crippen LogP contribution in [0.4, 0.5) is 0 Å². The second-order valence-electron chi connectivity index (χ2n) is 6.67. The average molecular weight is 381 g/mol. The molecule has 146 valence electrons. The van der Waals surface area contributed by atoms with Crippen LogP contribution in [-0.2, 0) is 9.59 Å². The van der Waals surface area contributed by atoms with Crippen LogP contribution in [0.3, 0.4) is 0 Å². The number of amides is 3. The third-order valence-corrected chi connectivity index (χ3v) is 4.60. The van der Waals surface area contributed by atoms with Crippen molar-refractivity contribution in [1.82, 2.24) is 10.2 Å². The van der Waals surface area contributed by atoms with Crippen molar-refractivity contribution in [1.29, 1.82) is 0 Å². The summed E-state index contributed by atoms with van der Waals surface area (Å²) in [5.74, 6) is -0.167. The molecule has 7 nitrogen and oxygen atoms in total. The normalized spacial score (nSPS) is 16.1. The fraction of sp³-hybridized carbons (Fsp3) is 0.286. The quantitative estimate of drug-likeness (QED) is 0.760. The number of rotatable bonds is 7. The van der Waals surface area contributed by atoms with Gasteiger partial charge in [0.05, 0.1) is 6.04 Å². The maximum absolute atomic E-state index is 12.6. The molecule has 1 heterocycles. The number of benzene rings is 2. The summed E-state index contributed by atoms with van der Waals surface area (Å²) in [6, 6.07) is 14.3. The Balaban J connectivity index is 1.72. The summed E-state index contributed by atoms with van der Waals surface area (Å²) in [4.78, 5) is 37.1. The number of hydrogen-bond donors (Lipinski definition) is 2. The van der Waals surface area contributed by atoms with Crippen molar-refractivity contribution in [3.05, 3.63) is 54.1 Å². The summed E-state index contributed by atoms with van der Waals surface area (Å²) < 4.78 is 5.34. The predicted molar refractivity (Wildman–Crippen MR) is 105 cm³/mol. The van der Waals surface area contributed by atoms with Crippen LogP contribution in [0, 0.1) is 0 Å². The lowest BCUT2D eigenvalue weighted by Crippen LogP contribution is -2.37. The third-order valence-electron chi connectivity index (χ3n) is 4.60. The molecular formula is C21H23N3O4. The summed E-state index contributed by atoms with van der Waals surface area (Å²) in [6.45, 7) is 2.92. The fourth-order valence-corrected chi connectivity index (χ4v) is 3.20. The van der Waals surface area contributed by atoms with Crippen LogP contribution in [0.5, 0.6) is 5.75 Å². The average Bonchev–Trinajstić information content (AvgIpc) is 3.05. The molecule has 1 fully saturated rings. The van der Waals surface area contributed by atoms with E-state index in [2.05, 4.69) is 5.32 Å². The Morgan fingerprint density at radius 1 is 1.18 bits per heavy atom. The maximum Gasteiger partial charge on any atom is 0.255 e. The Labute approximate surface area is 163 Å². The van der Waals surface area contributed by atoms with Gasteiger partial charge < -0.3 is 20.7 Å². The van der Waals surface area contributed by atoms with Crippen LogP contribution in [0.15, 0.2) is 48.5 Å². The molecule has 0 aromatic heterocycles. The molecule has 0 bridgehead atoms. The zero-order valence-corrected chi connectivity index (χ0v) is 15.7. The maximum atomic E-state index is 12.6. The van der Waals surface area contributed by atoms with Gasteiger partial charge in [0.2, 0.25) is 5.91 Å². The second-order valence-corrected chi connectivity index (χ2v) is 6.67. The molecule has 1 saturated heterocycles. The molecule has 3 N–H and O–H groups in total. The molecule has 3 rings (SSSR count). The van der Waals surface area contributed by atoms with E-state index in [-0.39, 0.29) is 24.5 Å². The number of nitrogens with one attached hydrogen (secondary N) is 1. The van der Waals surface area contributed by atoms with E-state index in [1.54, 1.807) is 35.2 Å². The number of nitrogens with two attached hydrogens (primary N) is 1. The van der Waals surface area contributed by atoms with Crippen molar-refractivity contribution in [2.75, 3.05) is 19.7 Å². The van der Waals surface area contributed by atoms with E-state index < -0.39 is 5.91 Å². The highest BCUT2D eigenvalue weighted by Gasteiger charge is 2.29. The minimum absolute atomic E-state index is 0.0642. The van der Waals surface area contributed by atoms with Crippen molar-refractivity contribution in [2.45, 2.75) is 19.4 Å². The highest BCUT2D eigenvalue weighted by atomic mass is 16.5. The van der Waals surface area contributed by atoms with Gasteiger partial charge in [0.25, 0.3) is 11.8 Å². The number of primary amides is 1. The highest BCUT2D eigenvalue weighted by Crippen LogP contribution is 2.25. The van der Waals surface area contributed by atoms with E-state index >= 15 is 0 Å². The number of carbonyl (C=O) groups excluding carboxylic acids is 3. The van der Waals surface area contributed by atoms with Crippen LogP contribution in [0.25, 0.3) is 11.1 Å². The van der Waals surface area contributed by atoms with Crippen molar-refractivity contribution in [3.8, 4) is 16.9 Å². The van der Waals surface area contributed by atoms with Gasteiger partial charge in [0, 0.05) is 25.1 Å². The van der Waals surface area contributed by atoms with E-state index in [0.717, 1.165) is 11.1 Å². The van der Waals surface area contributed by atoms with E-state index in [0.29, 0.717) is 30.8 Å². The molecule has 28 heavy (non-hydrogen) atoms. The van der Waals surface area contributed by atoms with Gasteiger partial charge >= 0.3 is 0 Å².